The number of nitrogens with two attached hydrogens (primary N) is 1. The van der Waals surface area contributed by atoms with Crippen LogP contribution in [-0.4, -0.2) is 4.57 Å². The third-order valence-electron chi connectivity index (χ3n) is 3.00. The molecule has 0 radical (unpaired) electrons. The number of nitrogens with zero attached hydrogens (tertiary/aromatic N) is 1. The van der Waals surface area contributed by atoms with Crippen LogP contribution in [0.5, 0.6) is 0 Å². The average molecular weight is 221 g/mol. The summed E-state index contributed by atoms with van der Waals surface area (Å²) < 4.78 is 2.37. The number of hydrogen-bond donors (Lipinski definition) is 1. The predicted molar refractivity (Wildman–Crippen MR) is 63.1 cm³/mol. The summed E-state index contributed by atoms with van der Waals surface area (Å²) in [6.45, 7) is 0.600. The minimum Gasteiger partial charge on any atom is -0.340 e. The van der Waals surface area contributed by atoms with Gasteiger partial charge in [0.05, 0.1) is 0 Å². The Morgan fingerprint density at radius 1 is 1.33 bits per heavy atom. The largest absolute Gasteiger partial charge is 0.340 e. The highest BCUT2D eigenvalue weighted by atomic mass is 35.5. The quantitative estimate of drug-likeness (QED) is 0.829. The molecular formula is C12H13ClN2. The first-order chi connectivity index (χ1) is 7.29. The fourth-order valence-corrected chi connectivity index (χ4v) is 2.37. The van der Waals surface area contributed by atoms with E-state index in [9.17, 15) is 0 Å². The maximum Gasteiger partial charge on any atom is 0.0486 e. The van der Waals surface area contributed by atoms with Crippen molar-refractivity contribution < 1.29 is 0 Å². The summed E-state index contributed by atoms with van der Waals surface area (Å²) in [7, 11) is 0. The Morgan fingerprint density at radius 2 is 2.13 bits per heavy atom. The summed E-state index contributed by atoms with van der Waals surface area (Å²) >= 11 is 5.98. The van der Waals surface area contributed by atoms with Gasteiger partial charge in [0.15, 0.2) is 0 Å². The third kappa shape index (κ3) is 1.45. The van der Waals surface area contributed by atoms with Crippen molar-refractivity contribution in [2.45, 2.75) is 25.4 Å². The zero-order valence-corrected chi connectivity index (χ0v) is 9.17. The highest BCUT2D eigenvalue weighted by Gasteiger charge is 2.26. The van der Waals surface area contributed by atoms with Crippen LogP contribution in [0.25, 0.3) is 10.9 Å². The lowest BCUT2D eigenvalue weighted by Gasteiger charge is -2.07. The van der Waals surface area contributed by atoms with Crippen molar-refractivity contribution in [2.24, 2.45) is 5.73 Å². The van der Waals surface area contributed by atoms with E-state index in [1.54, 1.807) is 0 Å². The van der Waals surface area contributed by atoms with Crippen molar-refractivity contribution in [1.82, 2.24) is 4.57 Å². The summed E-state index contributed by atoms with van der Waals surface area (Å²) in [5.41, 5.74) is 8.25. The van der Waals surface area contributed by atoms with Crippen LogP contribution in [0.1, 0.15) is 24.6 Å². The molecule has 0 amide bonds. The molecule has 78 valence electrons. The zero-order valence-electron chi connectivity index (χ0n) is 8.41. The first kappa shape index (κ1) is 9.25. The van der Waals surface area contributed by atoms with Crippen LogP contribution >= 0.6 is 11.6 Å². The van der Waals surface area contributed by atoms with Gasteiger partial charge in [-0.1, -0.05) is 11.6 Å². The molecule has 0 atom stereocenters. The van der Waals surface area contributed by atoms with Gasteiger partial charge in [0.25, 0.3) is 0 Å². The second-order valence-electron chi connectivity index (χ2n) is 4.14. The lowest BCUT2D eigenvalue weighted by atomic mass is 10.2. The van der Waals surface area contributed by atoms with E-state index in [0.29, 0.717) is 12.6 Å². The van der Waals surface area contributed by atoms with Gasteiger partial charge in [-0.15, -0.1) is 0 Å². The molecule has 15 heavy (non-hydrogen) atoms. The van der Waals surface area contributed by atoms with Crippen molar-refractivity contribution in [3.8, 4) is 0 Å². The smallest absolute Gasteiger partial charge is 0.0486 e. The molecule has 3 heteroatoms. The number of aromatic nitrogens is 1. The highest BCUT2D eigenvalue weighted by molar-refractivity contribution is 6.31. The molecule has 3 rings (SSSR count). The minimum atomic E-state index is 0.600. The van der Waals surface area contributed by atoms with E-state index in [2.05, 4.69) is 16.7 Å². The van der Waals surface area contributed by atoms with Gasteiger partial charge in [0, 0.05) is 34.2 Å². The SMILES string of the molecule is NCc1cc2cc(Cl)ccc2n1C1CC1. The number of fused-ring (bicyclic) bond motifs is 1. The van der Waals surface area contributed by atoms with E-state index < -0.39 is 0 Å². The Kier molecular flexibility index (Phi) is 2.01. The van der Waals surface area contributed by atoms with Crippen molar-refractivity contribution in [3.63, 3.8) is 0 Å². The van der Waals surface area contributed by atoms with Gasteiger partial charge in [-0.25, -0.2) is 0 Å². The van der Waals surface area contributed by atoms with E-state index in [0.717, 1.165) is 5.02 Å². The molecule has 0 unspecified atom stereocenters. The topological polar surface area (TPSA) is 30.9 Å². The Bertz CT molecular complexity index is 512. The minimum absolute atomic E-state index is 0.600. The van der Waals surface area contributed by atoms with Gasteiger partial charge in [-0.3, -0.25) is 0 Å². The van der Waals surface area contributed by atoms with Crippen LogP contribution < -0.4 is 5.73 Å². The average Bonchev–Trinajstić information content (AvgIpc) is 2.99. The lowest BCUT2D eigenvalue weighted by Crippen LogP contribution is -2.05. The molecule has 1 aromatic heterocycles. The predicted octanol–water partition coefficient (Wildman–Crippen LogP) is 3.09. The molecule has 2 N–H and O–H groups in total. The lowest BCUT2D eigenvalue weighted by molar-refractivity contribution is 0.721. The summed E-state index contributed by atoms with van der Waals surface area (Å²) in [6.07, 6.45) is 2.55. The molecule has 0 spiro atoms. The number of hydrogen-bond acceptors (Lipinski definition) is 1. The van der Waals surface area contributed by atoms with Gasteiger partial charge in [-0.05, 0) is 37.1 Å². The Morgan fingerprint density at radius 3 is 2.80 bits per heavy atom. The van der Waals surface area contributed by atoms with Crippen molar-refractivity contribution >= 4 is 22.5 Å². The van der Waals surface area contributed by atoms with Gasteiger partial charge in [0.2, 0.25) is 0 Å². The molecule has 1 saturated carbocycles. The maximum atomic E-state index is 5.98. The fraction of sp³-hybridized carbons (Fsp3) is 0.333. The standard InChI is InChI=1S/C12H13ClN2/c13-9-1-4-12-8(5-9)6-11(7-14)15(12)10-2-3-10/h1,4-6,10H,2-3,7,14H2. The second-order valence-corrected chi connectivity index (χ2v) is 4.58. The molecule has 2 nitrogen and oxygen atoms in total. The highest BCUT2D eigenvalue weighted by Crippen LogP contribution is 2.39. The number of benzene rings is 1. The Labute approximate surface area is 93.6 Å². The monoisotopic (exact) mass is 220 g/mol. The Hall–Kier alpha value is -0.990. The van der Waals surface area contributed by atoms with Gasteiger partial charge in [-0.2, -0.15) is 0 Å². The van der Waals surface area contributed by atoms with E-state index >= 15 is 0 Å². The summed E-state index contributed by atoms with van der Waals surface area (Å²) in [4.78, 5) is 0. The molecule has 1 fully saturated rings. The van der Waals surface area contributed by atoms with Crippen LogP contribution in [0.15, 0.2) is 24.3 Å². The third-order valence-corrected chi connectivity index (χ3v) is 3.24. The van der Waals surface area contributed by atoms with Crippen LogP contribution in [0, 0.1) is 0 Å². The summed E-state index contributed by atoms with van der Waals surface area (Å²) in [6, 6.07) is 8.87. The first-order valence-electron chi connectivity index (χ1n) is 5.29. The maximum absolute atomic E-state index is 5.98. The number of halogens is 1. The van der Waals surface area contributed by atoms with Crippen molar-refractivity contribution in [1.29, 1.82) is 0 Å². The van der Waals surface area contributed by atoms with Crippen molar-refractivity contribution in [2.75, 3.05) is 0 Å². The Balaban J connectivity index is 2.28. The van der Waals surface area contributed by atoms with Gasteiger partial charge in [0.1, 0.15) is 0 Å². The molecule has 1 heterocycles. The second kappa shape index (κ2) is 3.26. The molecule has 0 bridgehead atoms. The molecule has 0 aliphatic heterocycles. The molecule has 2 aromatic rings. The van der Waals surface area contributed by atoms with Crippen LogP contribution in [-0.2, 0) is 6.54 Å². The van der Waals surface area contributed by atoms with Crippen molar-refractivity contribution in [3.05, 3.63) is 35.0 Å². The number of rotatable bonds is 2. The van der Waals surface area contributed by atoms with E-state index in [1.165, 1.54) is 29.4 Å². The summed E-state index contributed by atoms with van der Waals surface area (Å²) in [5, 5.41) is 1.99. The normalized spacial score (nSPS) is 16.1. The molecule has 1 aliphatic carbocycles. The van der Waals surface area contributed by atoms with Gasteiger partial charge < -0.3 is 10.3 Å². The molecule has 0 saturated heterocycles. The first-order valence-corrected chi connectivity index (χ1v) is 5.67. The molecule has 1 aliphatic rings. The van der Waals surface area contributed by atoms with E-state index in [-0.39, 0.29) is 0 Å². The van der Waals surface area contributed by atoms with Crippen LogP contribution in [0.2, 0.25) is 5.02 Å². The summed E-state index contributed by atoms with van der Waals surface area (Å²) in [5.74, 6) is 0. The van der Waals surface area contributed by atoms with E-state index in [1.807, 2.05) is 12.1 Å². The van der Waals surface area contributed by atoms with Crippen LogP contribution in [0.4, 0.5) is 0 Å². The zero-order chi connectivity index (χ0) is 10.4. The fourth-order valence-electron chi connectivity index (χ4n) is 2.19. The molecular weight excluding hydrogens is 208 g/mol. The van der Waals surface area contributed by atoms with E-state index in [4.69, 9.17) is 17.3 Å². The van der Waals surface area contributed by atoms with Crippen LogP contribution in [0.3, 0.4) is 0 Å². The van der Waals surface area contributed by atoms with Gasteiger partial charge >= 0.3 is 0 Å². The molecule has 1 aromatic carbocycles.